The monoisotopic (exact) mass is 280 g/mol. The van der Waals surface area contributed by atoms with Crippen LogP contribution in [0.4, 0.5) is 5.69 Å². The van der Waals surface area contributed by atoms with Gasteiger partial charge in [-0.2, -0.15) is 0 Å². The first-order chi connectivity index (χ1) is 8.90. The summed E-state index contributed by atoms with van der Waals surface area (Å²) < 4.78 is 0. The van der Waals surface area contributed by atoms with E-state index in [-0.39, 0.29) is 24.2 Å². The van der Waals surface area contributed by atoms with Crippen LogP contribution in [0.3, 0.4) is 0 Å². The first-order valence-electron chi connectivity index (χ1n) is 6.18. The molecule has 19 heavy (non-hydrogen) atoms. The van der Waals surface area contributed by atoms with Crippen LogP contribution in [0.5, 0.6) is 0 Å². The van der Waals surface area contributed by atoms with Gasteiger partial charge in [-0.1, -0.05) is 17.7 Å². The number of benzene rings is 1. The zero-order valence-electron chi connectivity index (χ0n) is 11.3. The van der Waals surface area contributed by atoms with Crippen molar-refractivity contribution in [2.24, 2.45) is 5.92 Å². The summed E-state index contributed by atoms with van der Waals surface area (Å²) in [6, 6.07) is 5.52. The number of hydrogen-bond acceptors (Lipinski definition) is 2. The zero-order chi connectivity index (χ0) is 14.2. The van der Waals surface area contributed by atoms with E-state index in [1.165, 1.54) is 4.90 Å². The van der Waals surface area contributed by atoms with Crippen LogP contribution in [0.25, 0.3) is 0 Å². The Kier molecular flexibility index (Phi) is 3.80. The topological polar surface area (TPSA) is 40.6 Å². The molecule has 1 aliphatic rings. The van der Waals surface area contributed by atoms with Crippen molar-refractivity contribution < 1.29 is 9.59 Å². The van der Waals surface area contributed by atoms with Gasteiger partial charge in [0.25, 0.3) is 0 Å². The molecule has 1 aromatic rings. The Morgan fingerprint density at radius 3 is 2.68 bits per heavy atom. The summed E-state index contributed by atoms with van der Waals surface area (Å²) in [4.78, 5) is 27.1. The molecule has 1 aromatic carbocycles. The fraction of sp³-hybridized carbons (Fsp3) is 0.429. The van der Waals surface area contributed by atoms with Crippen LogP contribution in [-0.2, 0) is 9.59 Å². The second-order valence-corrected chi connectivity index (χ2v) is 5.48. The largest absolute Gasteiger partial charge is 0.349 e. The quantitative estimate of drug-likeness (QED) is 0.832. The third kappa shape index (κ3) is 2.73. The first kappa shape index (κ1) is 13.9. The average Bonchev–Trinajstić information content (AvgIpc) is 2.73. The molecule has 0 radical (unpaired) electrons. The summed E-state index contributed by atoms with van der Waals surface area (Å²) in [6.45, 7) is 2.34. The molecule has 4 nitrogen and oxygen atoms in total. The van der Waals surface area contributed by atoms with Crippen LogP contribution in [0.15, 0.2) is 18.2 Å². The van der Waals surface area contributed by atoms with Crippen molar-refractivity contribution in [1.29, 1.82) is 0 Å². The Morgan fingerprint density at radius 2 is 2.11 bits per heavy atom. The molecular formula is C14H17ClN2O2. The molecule has 1 fully saturated rings. The van der Waals surface area contributed by atoms with E-state index < -0.39 is 0 Å². The first-order valence-corrected chi connectivity index (χ1v) is 6.55. The number of rotatable bonds is 2. The number of anilines is 1. The Labute approximate surface area is 117 Å². The SMILES string of the molecule is Cc1ccc(N2CC(C(=O)N(C)C)CC2=O)cc1Cl. The van der Waals surface area contributed by atoms with Crippen molar-refractivity contribution in [3.05, 3.63) is 28.8 Å². The molecule has 0 N–H and O–H groups in total. The molecular weight excluding hydrogens is 264 g/mol. The van der Waals surface area contributed by atoms with Gasteiger partial charge in [0.1, 0.15) is 0 Å². The van der Waals surface area contributed by atoms with Gasteiger partial charge < -0.3 is 9.80 Å². The van der Waals surface area contributed by atoms with Gasteiger partial charge in [-0.05, 0) is 24.6 Å². The maximum absolute atomic E-state index is 12.0. The maximum Gasteiger partial charge on any atom is 0.227 e. The van der Waals surface area contributed by atoms with E-state index in [1.54, 1.807) is 25.1 Å². The highest BCUT2D eigenvalue weighted by atomic mass is 35.5. The summed E-state index contributed by atoms with van der Waals surface area (Å²) >= 11 is 6.08. The minimum atomic E-state index is -0.262. The fourth-order valence-corrected chi connectivity index (χ4v) is 2.41. The molecule has 1 heterocycles. The van der Waals surface area contributed by atoms with E-state index in [1.807, 2.05) is 19.1 Å². The van der Waals surface area contributed by atoms with E-state index in [0.29, 0.717) is 11.6 Å². The minimum absolute atomic E-state index is 0.00550. The van der Waals surface area contributed by atoms with Crippen molar-refractivity contribution in [3.63, 3.8) is 0 Å². The highest BCUT2D eigenvalue weighted by molar-refractivity contribution is 6.31. The van der Waals surface area contributed by atoms with E-state index in [9.17, 15) is 9.59 Å². The summed E-state index contributed by atoms with van der Waals surface area (Å²) in [6.07, 6.45) is 0.266. The molecule has 0 saturated carbocycles. The van der Waals surface area contributed by atoms with Crippen molar-refractivity contribution in [2.45, 2.75) is 13.3 Å². The molecule has 2 amide bonds. The Morgan fingerprint density at radius 1 is 1.42 bits per heavy atom. The summed E-state index contributed by atoms with van der Waals surface area (Å²) in [5.41, 5.74) is 1.73. The fourth-order valence-electron chi connectivity index (χ4n) is 2.24. The molecule has 1 unspecified atom stereocenters. The summed E-state index contributed by atoms with van der Waals surface area (Å²) in [5, 5.41) is 0.632. The third-order valence-corrected chi connectivity index (χ3v) is 3.79. The van der Waals surface area contributed by atoms with Crippen molar-refractivity contribution >= 4 is 29.1 Å². The predicted molar refractivity (Wildman–Crippen MR) is 75.3 cm³/mol. The molecule has 5 heteroatoms. The Balaban J connectivity index is 2.20. The van der Waals surface area contributed by atoms with E-state index in [0.717, 1.165) is 11.3 Å². The van der Waals surface area contributed by atoms with E-state index in [4.69, 9.17) is 11.6 Å². The van der Waals surface area contributed by atoms with Crippen molar-refractivity contribution in [3.8, 4) is 0 Å². The molecule has 102 valence electrons. The van der Waals surface area contributed by atoms with Gasteiger partial charge in [0.05, 0.1) is 5.92 Å². The molecule has 0 bridgehead atoms. The van der Waals surface area contributed by atoms with Gasteiger partial charge in [0.2, 0.25) is 11.8 Å². The number of halogens is 1. The lowest BCUT2D eigenvalue weighted by atomic mass is 10.1. The molecule has 1 atom stereocenters. The van der Waals surface area contributed by atoms with Crippen LogP contribution in [0.2, 0.25) is 5.02 Å². The number of nitrogens with zero attached hydrogens (tertiary/aromatic N) is 2. The molecule has 0 aromatic heterocycles. The van der Waals surface area contributed by atoms with Crippen LogP contribution in [0.1, 0.15) is 12.0 Å². The van der Waals surface area contributed by atoms with Crippen molar-refractivity contribution in [1.82, 2.24) is 4.90 Å². The number of carbonyl (C=O) groups is 2. The lowest BCUT2D eigenvalue weighted by Crippen LogP contribution is -2.32. The second kappa shape index (κ2) is 5.21. The molecule has 1 aliphatic heterocycles. The highest BCUT2D eigenvalue weighted by Crippen LogP contribution is 2.29. The van der Waals surface area contributed by atoms with Gasteiger partial charge in [-0.25, -0.2) is 0 Å². The summed E-state index contributed by atoms with van der Waals surface area (Å²) in [7, 11) is 3.41. The smallest absolute Gasteiger partial charge is 0.227 e. The van der Waals surface area contributed by atoms with Crippen LogP contribution in [-0.4, -0.2) is 37.4 Å². The second-order valence-electron chi connectivity index (χ2n) is 5.07. The standard InChI is InChI=1S/C14H17ClN2O2/c1-9-4-5-11(7-12(9)15)17-8-10(6-13(17)18)14(19)16(2)3/h4-5,7,10H,6,8H2,1-3H3. The van der Waals surface area contributed by atoms with Crippen LogP contribution >= 0.6 is 11.6 Å². The zero-order valence-corrected chi connectivity index (χ0v) is 12.1. The molecule has 0 aliphatic carbocycles. The number of carbonyl (C=O) groups excluding carboxylic acids is 2. The summed E-state index contributed by atoms with van der Waals surface area (Å²) in [5.74, 6) is -0.295. The molecule has 1 saturated heterocycles. The van der Waals surface area contributed by atoms with Crippen molar-refractivity contribution in [2.75, 3.05) is 25.5 Å². The highest BCUT2D eigenvalue weighted by Gasteiger charge is 2.35. The van der Waals surface area contributed by atoms with Crippen LogP contribution < -0.4 is 4.90 Å². The predicted octanol–water partition coefficient (Wildman–Crippen LogP) is 2.09. The Bertz CT molecular complexity index is 528. The lowest BCUT2D eigenvalue weighted by molar-refractivity contribution is -0.133. The number of aryl methyl sites for hydroxylation is 1. The van der Waals surface area contributed by atoms with E-state index in [2.05, 4.69) is 0 Å². The third-order valence-electron chi connectivity index (χ3n) is 3.38. The number of amides is 2. The Hall–Kier alpha value is -1.55. The normalized spacial score (nSPS) is 18.8. The lowest BCUT2D eigenvalue weighted by Gasteiger charge is -2.19. The van der Waals surface area contributed by atoms with E-state index >= 15 is 0 Å². The van der Waals surface area contributed by atoms with Gasteiger partial charge >= 0.3 is 0 Å². The minimum Gasteiger partial charge on any atom is -0.349 e. The van der Waals surface area contributed by atoms with Gasteiger partial charge in [-0.15, -0.1) is 0 Å². The molecule has 0 spiro atoms. The van der Waals surface area contributed by atoms with Gasteiger partial charge in [0.15, 0.2) is 0 Å². The van der Waals surface area contributed by atoms with Crippen LogP contribution in [0, 0.1) is 12.8 Å². The molecule has 2 rings (SSSR count). The maximum atomic E-state index is 12.0. The van der Waals surface area contributed by atoms with Gasteiger partial charge in [-0.3, -0.25) is 9.59 Å². The number of hydrogen-bond donors (Lipinski definition) is 0. The average molecular weight is 281 g/mol. The van der Waals surface area contributed by atoms with Gasteiger partial charge in [0, 0.05) is 37.8 Å².